The fraction of sp³-hybridized carbons (Fsp3) is 0.429. The largest absolute Gasteiger partial charge is 0.381 e. The molecule has 204 valence electrons. The molecule has 2 aliphatic heterocycles. The van der Waals surface area contributed by atoms with Crippen molar-refractivity contribution in [1.82, 2.24) is 25.1 Å². The van der Waals surface area contributed by atoms with E-state index in [1.807, 2.05) is 6.07 Å². The molecule has 4 heterocycles. The number of rotatable bonds is 6. The highest BCUT2D eigenvalue weighted by molar-refractivity contribution is 6.14. The maximum absolute atomic E-state index is 14.7. The first-order valence-electron chi connectivity index (χ1n) is 13.4. The molecular weight excluding hydrogens is 499 g/mol. The van der Waals surface area contributed by atoms with Crippen molar-refractivity contribution in [2.75, 3.05) is 48.4 Å². The standard InChI is InChI=1S/C28H33FN8O2/c1-16-12-37(13-17(2)32-16)24-5-4-21(26-22(24)11-31-28(34-26)30-10-18-6-7-39-15-18)27(38)33-20-8-19-14-36(3)35-25(19)23(29)9-20/h4-5,8-9,11,14,16-18,32H,6-7,10,12-13,15H2,1-3H3,(H,33,38)(H,30,31,34)/t16-,17-,18-/m0/s1. The number of ether oxygens (including phenoxy) is 1. The first-order valence-corrected chi connectivity index (χ1v) is 13.4. The second kappa shape index (κ2) is 10.4. The Balaban J connectivity index is 1.36. The quantitative estimate of drug-likeness (QED) is 0.346. The van der Waals surface area contributed by atoms with E-state index in [9.17, 15) is 9.18 Å². The van der Waals surface area contributed by atoms with Crippen molar-refractivity contribution < 1.29 is 13.9 Å². The van der Waals surface area contributed by atoms with Crippen LogP contribution >= 0.6 is 0 Å². The number of anilines is 3. The Labute approximate surface area is 225 Å². The molecule has 0 aliphatic carbocycles. The van der Waals surface area contributed by atoms with Crippen molar-refractivity contribution in [3.05, 3.63) is 48.0 Å². The van der Waals surface area contributed by atoms with Gasteiger partial charge in [-0.15, -0.1) is 0 Å². The summed E-state index contributed by atoms with van der Waals surface area (Å²) >= 11 is 0. The number of aromatic nitrogens is 4. The van der Waals surface area contributed by atoms with Gasteiger partial charge in [0.25, 0.3) is 5.91 Å². The van der Waals surface area contributed by atoms with E-state index in [-0.39, 0.29) is 11.4 Å². The number of carbonyl (C=O) groups is 1. The van der Waals surface area contributed by atoms with Gasteiger partial charge >= 0.3 is 0 Å². The van der Waals surface area contributed by atoms with Crippen LogP contribution < -0.4 is 20.9 Å². The topological polar surface area (TPSA) is 109 Å². The zero-order chi connectivity index (χ0) is 27.1. The second-order valence-electron chi connectivity index (χ2n) is 10.7. The summed E-state index contributed by atoms with van der Waals surface area (Å²) in [5.74, 6) is 0.00493. The van der Waals surface area contributed by atoms with Crippen LogP contribution in [-0.4, -0.2) is 70.6 Å². The Morgan fingerprint density at radius 1 is 1.21 bits per heavy atom. The number of hydrogen-bond donors (Lipinski definition) is 3. The summed E-state index contributed by atoms with van der Waals surface area (Å²) < 4.78 is 21.7. The van der Waals surface area contributed by atoms with Crippen LogP contribution in [0.2, 0.25) is 0 Å². The van der Waals surface area contributed by atoms with Gasteiger partial charge in [-0.3, -0.25) is 9.48 Å². The highest BCUT2D eigenvalue weighted by Crippen LogP contribution is 2.31. The molecule has 6 rings (SSSR count). The van der Waals surface area contributed by atoms with Gasteiger partial charge in [0.15, 0.2) is 5.82 Å². The summed E-state index contributed by atoms with van der Waals surface area (Å²) in [5, 5.41) is 15.3. The first-order chi connectivity index (χ1) is 18.8. The molecule has 0 bridgehead atoms. The number of aryl methyl sites for hydroxylation is 1. The number of piperazine rings is 1. The van der Waals surface area contributed by atoms with Crippen molar-refractivity contribution in [3.8, 4) is 0 Å². The van der Waals surface area contributed by atoms with Gasteiger partial charge in [-0.2, -0.15) is 5.10 Å². The van der Waals surface area contributed by atoms with E-state index >= 15 is 0 Å². The summed E-state index contributed by atoms with van der Waals surface area (Å²) in [6, 6.07) is 7.40. The lowest BCUT2D eigenvalue weighted by atomic mass is 10.0. The number of fused-ring (bicyclic) bond motifs is 2. The number of benzene rings is 2. The summed E-state index contributed by atoms with van der Waals surface area (Å²) in [7, 11) is 1.73. The SMILES string of the molecule is C[C@H]1CN(c2ccc(C(=O)Nc3cc(F)c4nn(C)cc4c3)c3nc(NC[C@@H]4CCOC4)ncc23)C[C@H](C)N1. The highest BCUT2D eigenvalue weighted by Gasteiger charge is 2.25. The third-order valence-corrected chi connectivity index (χ3v) is 7.38. The lowest BCUT2D eigenvalue weighted by molar-refractivity contribution is 0.102. The molecule has 2 saturated heterocycles. The summed E-state index contributed by atoms with van der Waals surface area (Å²) in [5.41, 5.74) is 2.55. The minimum atomic E-state index is -0.491. The van der Waals surface area contributed by atoms with E-state index in [4.69, 9.17) is 9.72 Å². The predicted molar refractivity (Wildman–Crippen MR) is 150 cm³/mol. The lowest BCUT2D eigenvalue weighted by Crippen LogP contribution is -2.54. The van der Waals surface area contributed by atoms with Crippen LogP contribution in [0.3, 0.4) is 0 Å². The minimum absolute atomic E-state index is 0.265. The van der Waals surface area contributed by atoms with Gasteiger partial charge in [0.2, 0.25) is 5.95 Å². The molecule has 2 aliphatic rings. The molecule has 2 aromatic heterocycles. The fourth-order valence-corrected chi connectivity index (χ4v) is 5.64. The zero-order valence-electron chi connectivity index (χ0n) is 22.4. The van der Waals surface area contributed by atoms with Crippen LogP contribution in [0.25, 0.3) is 21.8 Å². The molecule has 3 N–H and O–H groups in total. The molecule has 2 fully saturated rings. The van der Waals surface area contributed by atoms with Gasteiger partial charge in [0.1, 0.15) is 5.52 Å². The van der Waals surface area contributed by atoms with Crippen molar-refractivity contribution in [2.24, 2.45) is 13.0 Å². The van der Waals surface area contributed by atoms with Gasteiger partial charge < -0.3 is 25.6 Å². The Hall–Kier alpha value is -3.83. The molecule has 39 heavy (non-hydrogen) atoms. The van der Waals surface area contributed by atoms with Crippen LogP contribution in [-0.2, 0) is 11.8 Å². The van der Waals surface area contributed by atoms with Crippen LogP contribution in [0.15, 0.2) is 36.7 Å². The molecule has 0 unspecified atom stereocenters. The Morgan fingerprint density at radius 2 is 2.03 bits per heavy atom. The number of hydrogen-bond acceptors (Lipinski definition) is 8. The average molecular weight is 533 g/mol. The van der Waals surface area contributed by atoms with E-state index in [1.54, 1.807) is 36.3 Å². The van der Waals surface area contributed by atoms with Crippen LogP contribution in [0, 0.1) is 11.7 Å². The highest BCUT2D eigenvalue weighted by atomic mass is 19.1. The van der Waals surface area contributed by atoms with Gasteiger partial charge in [-0.1, -0.05) is 0 Å². The van der Waals surface area contributed by atoms with Crippen molar-refractivity contribution >= 4 is 45.0 Å². The fourth-order valence-electron chi connectivity index (χ4n) is 5.64. The van der Waals surface area contributed by atoms with Gasteiger partial charge in [-0.05, 0) is 44.5 Å². The zero-order valence-corrected chi connectivity index (χ0v) is 22.4. The first kappa shape index (κ1) is 25.4. The average Bonchev–Trinajstić information content (AvgIpc) is 3.55. The van der Waals surface area contributed by atoms with E-state index in [0.29, 0.717) is 52.6 Å². The molecule has 10 nitrogen and oxygen atoms in total. The van der Waals surface area contributed by atoms with Crippen molar-refractivity contribution in [1.29, 1.82) is 0 Å². The molecule has 0 spiro atoms. The predicted octanol–water partition coefficient (Wildman–Crippen LogP) is 3.54. The number of carbonyl (C=O) groups excluding carboxylic acids is 1. The third-order valence-electron chi connectivity index (χ3n) is 7.38. The summed E-state index contributed by atoms with van der Waals surface area (Å²) in [6.07, 6.45) is 4.50. The van der Waals surface area contributed by atoms with Crippen molar-refractivity contribution in [3.63, 3.8) is 0 Å². The maximum Gasteiger partial charge on any atom is 0.257 e. The number of nitrogens with zero attached hydrogens (tertiary/aromatic N) is 5. The normalized spacial score (nSPS) is 21.5. The smallest absolute Gasteiger partial charge is 0.257 e. The Morgan fingerprint density at radius 3 is 2.79 bits per heavy atom. The summed E-state index contributed by atoms with van der Waals surface area (Å²) in [6.45, 7) is 8.17. The molecule has 0 saturated carbocycles. The molecular formula is C28H33FN8O2. The molecule has 11 heteroatoms. The number of nitrogens with one attached hydrogen (secondary N) is 3. The van der Waals surface area contributed by atoms with E-state index in [1.165, 1.54) is 6.07 Å². The lowest BCUT2D eigenvalue weighted by Gasteiger charge is -2.38. The van der Waals surface area contributed by atoms with E-state index in [0.717, 1.165) is 43.8 Å². The van der Waals surface area contributed by atoms with Crippen LogP contribution in [0.4, 0.5) is 21.7 Å². The van der Waals surface area contributed by atoms with Gasteiger partial charge in [0, 0.05) is 85.8 Å². The summed E-state index contributed by atoms with van der Waals surface area (Å²) in [4.78, 5) is 25.3. The van der Waals surface area contributed by atoms with Gasteiger partial charge in [0.05, 0.1) is 17.7 Å². The van der Waals surface area contributed by atoms with E-state index < -0.39 is 5.82 Å². The third kappa shape index (κ3) is 5.24. The Bertz CT molecular complexity index is 1520. The Kier molecular flexibility index (Phi) is 6.78. The minimum Gasteiger partial charge on any atom is -0.381 e. The molecule has 1 amide bonds. The second-order valence-corrected chi connectivity index (χ2v) is 10.7. The van der Waals surface area contributed by atoms with Crippen LogP contribution in [0.1, 0.15) is 30.6 Å². The monoisotopic (exact) mass is 532 g/mol. The van der Waals surface area contributed by atoms with E-state index in [2.05, 4.69) is 44.8 Å². The molecule has 2 aromatic carbocycles. The van der Waals surface area contributed by atoms with Gasteiger partial charge in [-0.25, -0.2) is 14.4 Å². The van der Waals surface area contributed by atoms with Crippen LogP contribution in [0.5, 0.6) is 0 Å². The molecule has 3 atom stereocenters. The molecule has 0 radical (unpaired) electrons. The van der Waals surface area contributed by atoms with Crippen molar-refractivity contribution in [2.45, 2.75) is 32.4 Å². The number of halogens is 1. The maximum atomic E-state index is 14.7. The number of amides is 1. The molecule has 4 aromatic rings.